The van der Waals surface area contributed by atoms with Crippen LogP contribution in [0.1, 0.15) is 58.8 Å². The van der Waals surface area contributed by atoms with Crippen molar-refractivity contribution in [2.24, 2.45) is 0 Å². The average Bonchev–Trinajstić information content (AvgIpc) is 3.00. The molecule has 0 radical (unpaired) electrons. The predicted molar refractivity (Wildman–Crippen MR) is 75.5 cm³/mol. The fourth-order valence-electron chi connectivity index (χ4n) is 1.88. The molecule has 0 aromatic carbocycles. The van der Waals surface area contributed by atoms with E-state index in [0.717, 1.165) is 12.8 Å². The first-order valence-corrected chi connectivity index (χ1v) is 6.89. The second kappa shape index (κ2) is 11.9. The smallest absolute Gasteiger partial charge is 0.269 e. The fraction of sp³-hybridized carbons (Fsp3) is 0.529. The van der Waals surface area contributed by atoms with Crippen molar-refractivity contribution in [2.45, 2.75) is 58.8 Å². The molecule has 0 heterocycles. The molecule has 2 rings (SSSR count). The summed E-state index contributed by atoms with van der Waals surface area (Å²) in [6.07, 6.45) is 23.6. The van der Waals surface area contributed by atoms with Gasteiger partial charge in [-0.2, -0.15) is 12.2 Å². The van der Waals surface area contributed by atoms with Crippen molar-refractivity contribution in [2.75, 3.05) is 0 Å². The number of hydrogen-bond acceptors (Lipinski definition) is 0. The van der Waals surface area contributed by atoms with Gasteiger partial charge in [0.15, 0.2) is 0 Å². The molecule has 2 aliphatic carbocycles. The van der Waals surface area contributed by atoms with Gasteiger partial charge in [0, 0.05) is 0 Å². The van der Waals surface area contributed by atoms with Gasteiger partial charge in [-0.3, -0.25) is 12.2 Å². The molecular formula is C17H24Hf+2. The molecule has 94 valence electrons. The van der Waals surface area contributed by atoms with E-state index in [1.807, 2.05) is 0 Å². The summed E-state index contributed by atoms with van der Waals surface area (Å²) in [6, 6.07) is 0. The summed E-state index contributed by atoms with van der Waals surface area (Å²) in [7, 11) is 0. The van der Waals surface area contributed by atoms with Gasteiger partial charge in [-0.25, -0.2) is 23.3 Å². The molecule has 0 amide bonds. The molecule has 0 saturated carbocycles. The maximum Gasteiger partial charge on any atom is 4.00 e. The minimum atomic E-state index is 0. The summed E-state index contributed by atoms with van der Waals surface area (Å²) in [5.41, 5.74) is 2.81. The Labute approximate surface area is 132 Å². The molecule has 0 saturated heterocycles. The van der Waals surface area contributed by atoms with Crippen LogP contribution in [0, 0.1) is 12.2 Å². The van der Waals surface area contributed by atoms with Crippen LogP contribution in [-0.2, 0) is 25.8 Å². The molecule has 0 fully saturated rings. The van der Waals surface area contributed by atoms with Crippen LogP contribution in [0.3, 0.4) is 0 Å². The number of unbranched alkanes of at least 4 members (excludes halogenated alkanes) is 1. The third-order valence-electron chi connectivity index (χ3n) is 2.85. The normalized spacial score (nSPS) is 15.7. The fourth-order valence-corrected chi connectivity index (χ4v) is 1.88. The Kier molecular flexibility index (Phi) is 11.8. The summed E-state index contributed by atoms with van der Waals surface area (Å²) in [5.74, 6) is 0. The Morgan fingerprint density at radius 1 is 0.889 bits per heavy atom. The van der Waals surface area contributed by atoms with Gasteiger partial charge in [-0.1, -0.05) is 46.0 Å². The first-order chi connectivity index (χ1) is 8.36. The van der Waals surface area contributed by atoms with Gasteiger partial charge in [-0.15, -0.1) is 12.8 Å². The molecule has 0 aromatic heterocycles. The molecular weight excluding hydrogens is 383 g/mol. The van der Waals surface area contributed by atoms with Gasteiger partial charge in [0.2, 0.25) is 0 Å². The van der Waals surface area contributed by atoms with Crippen LogP contribution in [0.2, 0.25) is 0 Å². The van der Waals surface area contributed by atoms with Crippen molar-refractivity contribution in [3.8, 4) is 0 Å². The van der Waals surface area contributed by atoms with Gasteiger partial charge in [0.05, 0.1) is 0 Å². The van der Waals surface area contributed by atoms with Crippen molar-refractivity contribution in [3.05, 3.63) is 47.6 Å². The zero-order chi connectivity index (χ0) is 12.3. The van der Waals surface area contributed by atoms with E-state index in [1.54, 1.807) is 0 Å². The van der Waals surface area contributed by atoms with Gasteiger partial charge in [-0.05, 0) is 0 Å². The standard InChI is InChI=1S/C9H13.C8H11.Hf/c1-2-3-6-9-7-4-5-8-9;1-2-5-8-6-3-4-7-8;/h4,7H,2-3,5-6H2,1H3;3,6H,2,4-5H2,1H3;/q2*-1;+4. The molecule has 0 unspecified atom stereocenters. The summed E-state index contributed by atoms with van der Waals surface area (Å²) in [4.78, 5) is 0. The van der Waals surface area contributed by atoms with Crippen molar-refractivity contribution < 1.29 is 25.8 Å². The van der Waals surface area contributed by atoms with Crippen LogP contribution in [0.5, 0.6) is 0 Å². The second-order valence-corrected chi connectivity index (χ2v) is 4.47. The summed E-state index contributed by atoms with van der Waals surface area (Å²) >= 11 is 0. The molecule has 0 aromatic rings. The Hall–Kier alpha value is -0.170. The van der Waals surface area contributed by atoms with E-state index in [-0.39, 0.29) is 25.8 Å². The van der Waals surface area contributed by atoms with Crippen LogP contribution in [-0.4, -0.2) is 0 Å². The van der Waals surface area contributed by atoms with Gasteiger partial charge >= 0.3 is 25.8 Å². The Morgan fingerprint density at radius 2 is 1.44 bits per heavy atom. The zero-order valence-corrected chi connectivity index (χ0v) is 15.4. The Balaban J connectivity index is 0.000000306. The Morgan fingerprint density at radius 3 is 1.83 bits per heavy atom. The van der Waals surface area contributed by atoms with E-state index in [1.165, 1.54) is 43.3 Å². The molecule has 1 heteroatoms. The van der Waals surface area contributed by atoms with Crippen molar-refractivity contribution in [3.63, 3.8) is 0 Å². The molecule has 0 nitrogen and oxygen atoms in total. The zero-order valence-electron chi connectivity index (χ0n) is 11.8. The van der Waals surface area contributed by atoms with Crippen LogP contribution in [0.4, 0.5) is 0 Å². The van der Waals surface area contributed by atoms with E-state index < -0.39 is 0 Å². The van der Waals surface area contributed by atoms with E-state index in [4.69, 9.17) is 0 Å². The van der Waals surface area contributed by atoms with Crippen LogP contribution < -0.4 is 0 Å². The van der Waals surface area contributed by atoms with Crippen LogP contribution >= 0.6 is 0 Å². The monoisotopic (exact) mass is 408 g/mol. The van der Waals surface area contributed by atoms with E-state index in [2.05, 4.69) is 50.3 Å². The van der Waals surface area contributed by atoms with Gasteiger partial charge in [0.25, 0.3) is 0 Å². The molecule has 18 heavy (non-hydrogen) atoms. The molecule has 0 spiro atoms. The average molecular weight is 407 g/mol. The molecule has 0 N–H and O–H groups in total. The minimum absolute atomic E-state index is 0. The largest absolute Gasteiger partial charge is 4.00 e. The summed E-state index contributed by atoms with van der Waals surface area (Å²) in [5, 5.41) is 0. The van der Waals surface area contributed by atoms with Crippen LogP contribution in [0.25, 0.3) is 0 Å². The topological polar surface area (TPSA) is 0 Å². The first-order valence-electron chi connectivity index (χ1n) is 6.89. The SMILES string of the molecule is CCCC1=[C-]CC=C1.CCCCC1=[C-]CC=C1.[Hf+4]. The predicted octanol–water partition coefficient (Wildman–Crippen LogP) is 5.34. The minimum Gasteiger partial charge on any atom is -0.269 e. The number of rotatable bonds is 5. The summed E-state index contributed by atoms with van der Waals surface area (Å²) < 4.78 is 0. The van der Waals surface area contributed by atoms with Crippen molar-refractivity contribution >= 4 is 0 Å². The first kappa shape index (κ1) is 17.8. The maximum absolute atomic E-state index is 3.30. The summed E-state index contributed by atoms with van der Waals surface area (Å²) in [6.45, 7) is 4.42. The maximum atomic E-state index is 3.30. The van der Waals surface area contributed by atoms with E-state index in [0.29, 0.717) is 0 Å². The molecule has 0 bridgehead atoms. The Bertz CT molecular complexity index is 319. The molecule has 0 atom stereocenters. The quantitative estimate of drug-likeness (QED) is 0.427. The molecule has 2 aliphatic rings. The van der Waals surface area contributed by atoms with Gasteiger partial charge < -0.3 is 0 Å². The third-order valence-corrected chi connectivity index (χ3v) is 2.85. The van der Waals surface area contributed by atoms with Crippen molar-refractivity contribution in [1.82, 2.24) is 0 Å². The van der Waals surface area contributed by atoms with Crippen molar-refractivity contribution in [1.29, 1.82) is 0 Å². The number of hydrogen-bond donors (Lipinski definition) is 0. The molecule has 0 aliphatic heterocycles. The van der Waals surface area contributed by atoms with E-state index in [9.17, 15) is 0 Å². The van der Waals surface area contributed by atoms with Crippen LogP contribution in [0.15, 0.2) is 35.5 Å². The van der Waals surface area contributed by atoms with Gasteiger partial charge in [0.1, 0.15) is 0 Å². The van der Waals surface area contributed by atoms with E-state index >= 15 is 0 Å². The third kappa shape index (κ3) is 8.02. The number of allylic oxidation sites excluding steroid dienone is 8. The second-order valence-electron chi connectivity index (χ2n) is 4.47.